The van der Waals surface area contributed by atoms with Crippen LogP contribution in [-0.2, 0) is 24.6 Å². The minimum absolute atomic E-state index is 0.0485. The van der Waals surface area contributed by atoms with E-state index >= 15 is 4.39 Å². The van der Waals surface area contributed by atoms with Gasteiger partial charge >= 0.3 is 0 Å². The van der Waals surface area contributed by atoms with Crippen molar-refractivity contribution >= 4 is 31.5 Å². The average Bonchev–Trinajstić information content (AvgIpc) is 2.80. The van der Waals surface area contributed by atoms with E-state index in [1.165, 1.54) is 28.6 Å². The Kier molecular flexibility index (Phi) is 5.74. The number of nitrogens with zero attached hydrogens (tertiary/aromatic N) is 1. The van der Waals surface area contributed by atoms with Crippen LogP contribution in [0.2, 0.25) is 5.02 Å². The van der Waals surface area contributed by atoms with E-state index < -0.39 is 54.1 Å². The molecule has 2 aliphatic heterocycles. The summed E-state index contributed by atoms with van der Waals surface area (Å²) in [5.74, 6) is -3.36. The van der Waals surface area contributed by atoms with Crippen molar-refractivity contribution in [2.75, 3.05) is 18.9 Å². The van der Waals surface area contributed by atoms with Gasteiger partial charge in [0.25, 0.3) is 0 Å². The third kappa shape index (κ3) is 3.25. The van der Waals surface area contributed by atoms with Gasteiger partial charge in [0.1, 0.15) is 10.6 Å². The van der Waals surface area contributed by atoms with Crippen molar-refractivity contribution in [3.63, 3.8) is 0 Å². The van der Waals surface area contributed by atoms with Crippen molar-refractivity contribution in [3.05, 3.63) is 58.6 Å². The number of fused-ring (bicyclic) bond motifs is 5. The summed E-state index contributed by atoms with van der Waals surface area (Å²) in [6.45, 7) is 1.85. The van der Waals surface area contributed by atoms with Crippen molar-refractivity contribution in [2.24, 2.45) is 11.8 Å². The van der Waals surface area contributed by atoms with E-state index in [9.17, 15) is 21.2 Å². The topological polar surface area (TPSA) is 80.8 Å². The van der Waals surface area contributed by atoms with Crippen molar-refractivity contribution in [3.8, 4) is 5.75 Å². The van der Waals surface area contributed by atoms with Gasteiger partial charge in [-0.2, -0.15) is 4.31 Å². The van der Waals surface area contributed by atoms with Crippen molar-refractivity contribution in [1.82, 2.24) is 4.31 Å². The van der Waals surface area contributed by atoms with E-state index in [1.807, 2.05) is 0 Å². The van der Waals surface area contributed by atoms with E-state index in [4.69, 9.17) is 16.3 Å². The lowest BCUT2D eigenvalue weighted by atomic mass is 9.64. The zero-order valence-electron chi connectivity index (χ0n) is 18.4. The van der Waals surface area contributed by atoms with E-state index in [0.717, 1.165) is 12.1 Å². The fourth-order valence-electron chi connectivity index (χ4n) is 6.27. The maximum absolute atomic E-state index is 15.4. The molecule has 34 heavy (non-hydrogen) atoms. The molecule has 2 fully saturated rings. The van der Waals surface area contributed by atoms with E-state index in [0.29, 0.717) is 5.02 Å². The quantitative estimate of drug-likeness (QED) is 0.595. The molecule has 2 heterocycles. The van der Waals surface area contributed by atoms with Crippen LogP contribution < -0.4 is 4.74 Å². The van der Waals surface area contributed by atoms with Crippen molar-refractivity contribution in [2.45, 2.75) is 41.9 Å². The summed E-state index contributed by atoms with van der Waals surface area (Å²) in [6, 6.07) is 7.05. The lowest BCUT2D eigenvalue weighted by Gasteiger charge is -2.56. The highest BCUT2D eigenvalue weighted by atomic mass is 35.5. The van der Waals surface area contributed by atoms with Gasteiger partial charge in [0, 0.05) is 23.5 Å². The second kappa shape index (κ2) is 8.15. The van der Waals surface area contributed by atoms with Gasteiger partial charge in [-0.3, -0.25) is 0 Å². The Bertz CT molecular complexity index is 1350. The van der Waals surface area contributed by atoms with E-state index in [-0.39, 0.29) is 54.4 Å². The SMILES string of the molecule is CCN1[C@H]2CC[C@@]3(S(=O)(=O)c4ccc(Cl)cc4)c4c(F)ccc(F)c4OC[C@H]3[C@H]2CCS1(=O)=O. The maximum atomic E-state index is 15.4. The van der Waals surface area contributed by atoms with Crippen LogP contribution >= 0.6 is 11.6 Å². The Morgan fingerprint density at radius 1 is 1.12 bits per heavy atom. The summed E-state index contributed by atoms with van der Waals surface area (Å²) in [5.41, 5.74) is -0.298. The van der Waals surface area contributed by atoms with E-state index in [2.05, 4.69) is 0 Å². The number of hydrogen-bond acceptors (Lipinski definition) is 5. The molecule has 0 amide bonds. The van der Waals surface area contributed by atoms with Gasteiger partial charge in [-0.25, -0.2) is 25.6 Å². The van der Waals surface area contributed by atoms with Gasteiger partial charge in [-0.05, 0) is 61.6 Å². The number of rotatable bonds is 3. The highest BCUT2D eigenvalue weighted by molar-refractivity contribution is 7.92. The Morgan fingerprint density at radius 3 is 2.47 bits per heavy atom. The monoisotopic (exact) mass is 531 g/mol. The van der Waals surface area contributed by atoms with Gasteiger partial charge in [0.05, 0.1) is 22.8 Å². The summed E-state index contributed by atoms with van der Waals surface area (Å²) >= 11 is 5.97. The van der Waals surface area contributed by atoms with Crippen LogP contribution in [-0.4, -0.2) is 46.1 Å². The molecule has 2 aromatic carbocycles. The molecule has 2 aromatic rings. The van der Waals surface area contributed by atoms with Gasteiger partial charge in [-0.1, -0.05) is 18.5 Å². The van der Waals surface area contributed by atoms with Gasteiger partial charge in [0.15, 0.2) is 21.4 Å². The first kappa shape index (κ1) is 24.0. The Morgan fingerprint density at radius 2 is 1.79 bits per heavy atom. The molecule has 0 aromatic heterocycles. The summed E-state index contributed by atoms with van der Waals surface area (Å²) in [5, 5.41) is 0.345. The van der Waals surface area contributed by atoms with Crippen LogP contribution in [0.3, 0.4) is 0 Å². The first-order chi connectivity index (χ1) is 16.0. The molecule has 0 unspecified atom stereocenters. The van der Waals surface area contributed by atoms with Crippen LogP contribution in [0.25, 0.3) is 0 Å². The highest BCUT2D eigenvalue weighted by Crippen LogP contribution is 2.60. The molecule has 1 aliphatic carbocycles. The average molecular weight is 532 g/mol. The molecule has 4 atom stereocenters. The maximum Gasteiger partial charge on any atom is 0.214 e. The Labute approximate surface area is 202 Å². The normalized spacial score (nSPS) is 30.5. The Balaban J connectivity index is 1.76. The van der Waals surface area contributed by atoms with Crippen LogP contribution in [0.15, 0.2) is 41.3 Å². The van der Waals surface area contributed by atoms with Gasteiger partial charge < -0.3 is 4.74 Å². The van der Waals surface area contributed by atoms with Crippen LogP contribution in [0.1, 0.15) is 31.7 Å². The molecular formula is C23H24ClF2NO5S2. The molecule has 184 valence electrons. The number of ether oxygens (including phenoxy) is 1. The minimum Gasteiger partial charge on any atom is -0.490 e. The zero-order chi connectivity index (χ0) is 24.5. The van der Waals surface area contributed by atoms with Crippen LogP contribution in [0, 0.1) is 23.5 Å². The number of hydrogen-bond donors (Lipinski definition) is 0. The predicted molar refractivity (Wildman–Crippen MR) is 123 cm³/mol. The van der Waals surface area contributed by atoms with Crippen LogP contribution in [0.4, 0.5) is 8.78 Å². The molecule has 1 saturated carbocycles. The fraction of sp³-hybridized carbons (Fsp3) is 0.478. The molecular weight excluding hydrogens is 508 g/mol. The molecule has 0 spiro atoms. The molecule has 0 bridgehead atoms. The van der Waals surface area contributed by atoms with Crippen LogP contribution in [0.5, 0.6) is 5.75 Å². The summed E-state index contributed by atoms with van der Waals surface area (Å²) in [7, 11) is -7.75. The second-order valence-electron chi connectivity index (χ2n) is 9.08. The lowest BCUT2D eigenvalue weighted by molar-refractivity contribution is 0.0231. The fourth-order valence-corrected chi connectivity index (χ4v) is 10.7. The van der Waals surface area contributed by atoms with Gasteiger partial charge in [-0.15, -0.1) is 0 Å². The number of halogens is 3. The summed E-state index contributed by atoms with van der Waals surface area (Å²) < 4.78 is 89.6. The molecule has 6 nitrogen and oxygen atoms in total. The molecule has 3 aliphatic rings. The summed E-state index contributed by atoms with van der Waals surface area (Å²) in [4.78, 5) is -0.0485. The number of sulfonamides is 1. The first-order valence-corrected chi connectivity index (χ1v) is 14.6. The standard InChI is InChI=1S/C23H24ClF2NO5S2/c1-2-27-20-9-11-23(34(30,31)15-5-3-14(24)4-6-15)17(16(20)10-12-33(27,28)29)13-32-22-19(26)8-7-18(25)21(22)23/h3-8,16-17,20H,2,9-13H2,1H3/t16-,17+,20+,23+/m1/s1. The number of sulfone groups is 1. The largest absolute Gasteiger partial charge is 0.490 e. The molecule has 5 rings (SSSR count). The van der Waals surface area contributed by atoms with Crippen molar-refractivity contribution < 1.29 is 30.4 Å². The third-order valence-electron chi connectivity index (χ3n) is 7.66. The molecule has 0 N–H and O–H groups in total. The third-order valence-corrected chi connectivity index (χ3v) is 12.5. The van der Waals surface area contributed by atoms with E-state index in [1.54, 1.807) is 6.92 Å². The Hall–Kier alpha value is -1.75. The number of benzene rings is 2. The van der Waals surface area contributed by atoms with Gasteiger partial charge in [0.2, 0.25) is 10.0 Å². The zero-order valence-corrected chi connectivity index (χ0v) is 20.8. The minimum atomic E-state index is -4.27. The second-order valence-corrected chi connectivity index (χ2v) is 13.8. The highest BCUT2D eigenvalue weighted by Gasteiger charge is 2.64. The van der Waals surface area contributed by atoms with Crippen molar-refractivity contribution in [1.29, 1.82) is 0 Å². The molecule has 0 radical (unpaired) electrons. The smallest absolute Gasteiger partial charge is 0.214 e. The summed E-state index contributed by atoms with van der Waals surface area (Å²) in [6.07, 6.45) is 0.366. The first-order valence-electron chi connectivity index (χ1n) is 11.2. The molecule has 11 heteroatoms. The predicted octanol–water partition coefficient (Wildman–Crippen LogP) is 4.13. The lowest BCUT2D eigenvalue weighted by Crippen LogP contribution is -2.63. The molecule has 1 saturated heterocycles.